The molecule has 2 amide bonds. The highest BCUT2D eigenvalue weighted by Gasteiger charge is 2.32. The summed E-state index contributed by atoms with van der Waals surface area (Å²) in [6.45, 7) is 2.60. The first-order valence-electron chi connectivity index (χ1n) is 16.1. The highest BCUT2D eigenvalue weighted by molar-refractivity contribution is 7.99. The number of carbonyl (C=O) groups excluding carboxylic acids is 2. The van der Waals surface area contributed by atoms with Crippen molar-refractivity contribution in [3.05, 3.63) is 114 Å². The summed E-state index contributed by atoms with van der Waals surface area (Å²) in [7, 11) is 0. The molecule has 1 fully saturated rings. The van der Waals surface area contributed by atoms with Crippen LogP contribution in [0.5, 0.6) is 0 Å². The molecule has 3 aromatic carbocycles. The van der Waals surface area contributed by atoms with Crippen LogP contribution in [0.4, 0.5) is 0 Å². The largest absolute Gasteiger partial charge is 0.392 e. The van der Waals surface area contributed by atoms with Crippen molar-refractivity contribution in [2.45, 2.75) is 75.8 Å². The lowest BCUT2D eigenvalue weighted by molar-refractivity contribution is -0.245. The summed E-state index contributed by atoms with van der Waals surface area (Å²) in [5.74, 6) is 0.677. The second kappa shape index (κ2) is 17.7. The number of aromatic nitrogens is 2. The molecule has 3 atom stereocenters. The Hall–Kier alpha value is -4.09. The van der Waals surface area contributed by atoms with Gasteiger partial charge < -0.3 is 25.2 Å². The Morgan fingerprint density at radius 3 is 2.38 bits per heavy atom. The van der Waals surface area contributed by atoms with E-state index in [1.165, 1.54) is 6.92 Å². The van der Waals surface area contributed by atoms with Crippen LogP contribution in [0, 0.1) is 0 Å². The summed E-state index contributed by atoms with van der Waals surface area (Å²) in [6.07, 6.45) is 6.32. The molecule has 0 saturated carbocycles. The van der Waals surface area contributed by atoms with Crippen LogP contribution in [0.2, 0.25) is 0 Å². The first-order chi connectivity index (χ1) is 23.0. The summed E-state index contributed by atoms with van der Waals surface area (Å²) in [4.78, 5) is 32.1. The molecule has 0 radical (unpaired) electrons. The van der Waals surface area contributed by atoms with Gasteiger partial charge in [-0.2, -0.15) is 0 Å². The fraction of sp³-hybridized carbons (Fsp3) is 0.351. The Morgan fingerprint density at radius 2 is 1.62 bits per heavy atom. The summed E-state index contributed by atoms with van der Waals surface area (Å²) in [6, 6.07) is 26.1. The van der Waals surface area contributed by atoms with Crippen molar-refractivity contribution in [1.82, 2.24) is 20.6 Å². The third-order valence-corrected chi connectivity index (χ3v) is 8.93. The molecule has 2 heterocycles. The van der Waals surface area contributed by atoms with Gasteiger partial charge in [0.05, 0.1) is 18.8 Å². The SMILES string of the molecule is CC(=O)NCCCCCC(=O)NCc1cccc(-c2cccc(C3OC(CSc4ncccn4)CC(c4ccc(CO)cc4)O3)c2)c1. The number of amides is 2. The molecule has 0 spiro atoms. The van der Waals surface area contributed by atoms with E-state index in [0.29, 0.717) is 36.8 Å². The second-order valence-corrected chi connectivity index (χ2v) is 12.6. The standard InChI is InChI=1S/C37H42N4O5S/c1-26(43)38-17-4-2-3-12-35(44)41-23-28-8-5-9-30(20-28)31-10-6-11-32(21-31)36-45-33(25-47-37-39-18-7-19-40-37)22-34(46-36)29-15-13-27(24-42)14-16-29/h5-11,13-16,18-21,33-34,36,42H,2-4,12,17,22-25H2,1H3,(H,38,43)(H,41,44). The van der Waals surface area contributed by atoms with Crippen molar-refractivity contribution in [3.63, 3.8) is 0 Å². The van der Waals surface area contributed by atoms with E-state index in [1.54, 1.807) is 30.2 Å². The molecule has 246 valence electrons. The van der Waals surface area contributed by atoms with Gasteiger partial charge in [-0.15, -0.1) is 0 Å². The van der Waals surface area contributed by atoms with E-state index in [2.05, 4.69) is 44.9 Å². The monoisotopic (exact) mass is 654 g/mol. The molecule has 10 heteroatoms. The average Bonchev–Trinajstić information content (AvgIpc) is 3.11. The summed E-state index contributed by atoms with van der Waals surface area (Å²) < 4.78 is 13.1. The van der Waals surface area contributed by atoms with E-state index in [-0.39, 0.29) is 30.6 Å². The zero-order chi connectivity index (χ0) is 32.8. The maximum atomic E-state index is 12.4. The Bertz CT molecular complexity index is 1590. The minimum atomic E-state index is -0.575. The highest BCUT2D eigenvalue weighted by Crippen LogP contribution is 2.40. The predicted molar refractivity (Wildman–Crippen MR) is 182 cm³/mol. The van der Waals surface area contributed by atoms with E-state index in [4.69, 9.17) is 9.47 Å². The van der Waals surface area contributed by atoms with Gasteiger partial charge in [-0.1, -0.05) is 78.8 Å². The van der Waals surface area contributed by atoms with Crippen molar-refractivity contribution < 1.29 is 24.2 Å². The Kier molecular flexibility index (Phi) is 12.9. The van der Waals surface area contributed by atoms with E-state index in [0.717, 1.165) is 52.6 Å². The molecule has 1 aromatic heterocycles. The van der Waals surface area contributed by atoms with E-state index < -0.39 is 6.29 Å². The molecule has 3 N–H and O–H groups in total. The predicted octanol–water partition coefficient (Wildman–Crippen LogP) is 6.29. The van der Waals surface area contributed by atoms with Gasteiger partial charge >= 0.3 is 0 Å². The van der Waals surface area contributed by atoms with Gasteiger partial charge in [0.25, 0.3) is 0 Å². The number of benzene rings is 3. The van der Waals surface area contributed by atoms with E-state index >= 15 is 0 Å². The molecule has 0 aliphatic carbocycles. The summed E-state index contributed by atoms with van der Waals surface area (Å²) >= 11 is 1.56. The van der Waals surface area contributed by atoms with Crippen LogP contribution in [-0.2, 0) is 32.2 Å². The zero-order valence-corrected chi connectivity index (χ0v) is 27.5. The molecule has 1 saturated heterocycles. The number of thioether (sulfide) groups is 1. The molecule has 3 unspecified atom stereocenters. The number of hydrogen-bond acceptors (Lipinski definition) is 8. The van der Waals surface area contributed by atoms with Gasteiger partial charge in [0.15, 0.2) is 11.4 Å². The first-order valence-corrected chi connectivity index (χ1v) is 17.1. The van der Waals surface area contributed by atoms with Crippen LogP contribution >= 0.6 is 11.8 Å². The third-order valence-electron chi connectivity index (χ3n) is 7.92. The lowest BCUT2D eigenvalue weighted by Crippen LogP contribution is -2.31. The maximum Gasteiger partial charge on any atom is 0.220 e. The Labute approximate surface area is 280 Å². The minimum absolute atomic E-state index is 0.00360. The number of unbranched alkanes of at least 4 members (excludes halogenated alkanes) is 2. The number of nitrogens with one attached hydrogen (secondary N) is 2. The van der Waals surface area contributed by atoms with Gasteiger partial charge in [0.1, 0.15) is 0 Å². The fourth-order valence-electron chi connectivity index (χ4n) is 5.42. The van der Waals surface area contributed by atoms with Crippen molar-refractivity contribution in [2.24, 2.45) is 0 Å². The molecule has 5 rings (SSSR count). The number of carbonyl (C=O) groups is 2. The molecule has 0 bridgehead atoms. The van der Waals surface area contributed by atoms with Crippen LogP contribution in [0.3, 0.4) is 0 Å². The highest BCUT2D eigenvalue weighted by atomic mass is 32.2. The van der Waals surface area contributed by atoms with E-state index in [1.807, 2.05) is 48.5 Å². The van der Waals surface area contributed by atoms with Crippen LogP contribution in [0.15, 0.2) is 96.4 Å². The van der Waals surface area contributed by atoms with Crippen molar-refractivity contribution in [2.75, 3.05) is 12.3 Å². The average molecular weight is 655 g/mol. The molecule has 4 aromatic rings. The summed E-state index contributed by atoms with van der Waals surface area (Å²) in [5.41, 5.74) is 5.90. The number of aliphatic hydroxyl groups is 1. The molecule has 1 aliphatic heterocycles. The number of nitrogens with zero attached hydrogens (tertiary/aromatic N) is 2. The zero-order valence-electron chi connectivity index (χ0n) is 26.6. The normalized spacial score (nSPS) is 17.6. The van der Waals surface area contributed by atoms with Gasteiger partial charge in [-0.3, -0.25) is 9.59 Å². The Balaban J connectivity index is 1.23. The van der Waals surface area contributed by atoms with Gasteiger partial charge in [-0.25, -0.2) is 9.97 Å². The smallest absolute Gasteiger partial charge is 0.220 e. The number of hydrogen-bond donors (Lipinski definition) is 3. The number of aliphatic hydroxyl groups excluding tert-OH is 1. The lowest BCUT2D eigenvalue weighted by atomic mass is 9.99. The molecular formula is C37H42N4O5S. The quantitative estimate of drug-likeness (QED) is 0.0777. The van der Waals surface area contributed by atoms with Crippen molar-refractivity contribution >= 4 is 23.6 Å². The number of ether oxygens (including phenoxy) is 2. The van der Waals surface area contributed by atoms with Gasteiger partial charge in [0.2, 0.25) is 11.8 Å². The minimum Gasteiger partial charge on any atom is -0.392 e. The van der Waals surface area contributed by atoms with Crippen molar-refractivity contribution in [3.8, 4) is 11.1 Å². The fourth-order valence-corrected chi connectivity index (χ4v) is 6.24. The van der Waals surface area contributed by atoms with Crippen molar-refractivity contribution in [1.29, 1.82) is 0 Å². The summed E-state index contributed by atoms with van der Waals surface area (Å²) in [5, 5.41) is 16.0. The molecule has 9 nitrogen and oxygen atoms in total. The second-order valence-electron chi connectivity index (χ2n) is 11.6. The van der Waals surface area contributed by atoms with Crippen LogP contribution in [0.1, 0.15) is 73.7 Å². The molecule has 1 aliphatic rings. The number of rotatable bonds is 15. The van der Waals surface area contributed by atoms with Crippen LogP contribution in [-0.4, -0.2) is 45.3 Å². The first kappa shape index (κ1) is 34.3. The van der Waals surface area contributed by atoms with Gasteiger partial charge in [-0.05, 0) is 58.9 Å². The lowest BCUT2D eigenvalue weighted by Gasteiger charge is -2.36. The molecule has 47 heavy (non-hydrogen) atoms. The van der Waals surface area contributed by atoms with Crippen LogP contribution in [0.25, 0.3) is 11.1 Å². The topological polar surface area (TPSA) is 123 Å². The maximum absolute atomic E-state index is 12.4. The van der Waals surface area contributed by atoms with Crippen LogP contribution < -0.4 is 10.6 Å². The molecular weight excluding hydrogens is 612 g/mol. The Morgan fingerprint density at radius 1 is 0.851 bits per heavy atom. The van der Waals surface area contributed by atoms with Gasteiger partial charge in [0, 0.05) is 56.6 Å². The van der Waals surface area contributed by atoms with E-state index in [9.17, 15) is 14.7 Å². The third kappa shape index (κ3) is 10.7.